The second kappa shape index (κ2) is 5.74. The van der Waals surface area contributed by atoms with Crippen LogP contribution in [-0.4, -0.2) is 37.9 Å². The number of ether oxygens (including phenoxy) is 2. The first kappa shape index (κ1) is 12.0. The van der Waals surface area contributed by atoms with E-state index in [9.17, 15) is 4.79 Å². The number of rotatable bonds is 4. The van der Waals surface area contributed by atoms with Gasteiger partial charge >= 0.3 is 5.97 Å². The molecule has 1 aliphatic heterocycles. The van der Waals surface area contributed by atoms with Gasteiger partial charge < -0.3 is 9.47 Å². The molecule has 1 rings (SSSR count). The molecule has 0 spiro atoms. The van der Waals surface area contributed by atoms with E-state index in [1.807, 2.05) is 0 Å². The highest BCUT2D eigenvalue weighted by atomic mass is 16.5. The third-order valence-corrected chi connectivity index (χ3v) is 2.54. The Morgan fingerprint density at radius 3 is 2.80 bits per heavy atom. The SMILES string of the molecule is C#CCNC1(C(=O)OCC)CCOCC1. The Morgan fingerprint density at radius 2 is 2.27 bits per heavy atom. The van der Waals surface area contributed by atoms with Gasteiger partial charge in [-0.05, 0) is 19.8 Å². The van der Waals surface area contributed by atoms with Gasteiger partial charge in [-0.3, -0.25) is 10.1 Å². The lowest BCUT2D eigenvalue weighted by atomic mass is 9.90. The Hall–Kier alpha value is -1.05. The minimum Gasteiger partial charge on any atom is -0.465 e. The van der Waals surface area contributed by atoms with Gasteiger partial charge in [-0.2, -0.15) is 0 Å². The third-order valence-electron chi connectivity index (χ3n) is 2.54. The van der Waals surface area contributed by atoms with Gasteiger partial charge in [-0.1, -0.05) is 5.92 Å². The smallest absolute Gasteiger partial charge is 0.326 e. The molecule has 15 heavy (non-hydrogen) atoms. The van der Waals surface area contributed by atoms with Gasteiger partial charge in [0.1, 0.15) is 5.54 Å². The summed E-state index contributed by atoms with van der Waals surface area (Å²) in [5.41, 5.74) is -0.638. The summed E-state index contributed by atoms with van der Waals surface area (Å²) in [6.45, 7) is 3.69. The van der Waals surface area contributed by atoms with Crippen molar-refractivity contribution in [3.63, 3.8) is 0 Å². The molecular formula is C11H17NO3. The summed E-state index contributed by atoms with van der Waals surface area (Å²) in [7, 11) is 0. The van der Waals surface area contributed by atoms with Crippen LogP contribution in [0, 0.1) is 12.3 Å². The average Bonchev–Trinajstić information content (AvgIpc) is 2.28. The summed E-state index contributed by atoms with van der Waals surface area (Å²) in [6, 6.07) is 0. The summed E-state index contributed by atoms with van der Waals surface area (Å²) in [5.74, 6) is 2.26. The van der Waals surface area contributed by atoms with E-state index >= 15 is 0 Å². The Kier molecular flexibility index (Phi) is 4.60. The molecule has 0 aromatic carbocycles. The summed E-state index contributed by atoms with van der Waals surface area (Å²) >= 11 is 0. The molecule has 4 nitrogen and oxygen atoms in total. The van der Waals surface area contributed by atoms with Crippen molar-refractivity contribution >= 4 is 5.97 Å². The van der Waals surface area contributed by atoms with Crippen molar-refractivity contribution in [2.45, 2.75) is 25.3 Å². The molecule has 1 heterocycles. The summed E-state index contributed by atoms with van der Waals surface area (Å²) in [6.07, 6.45) is 6.42. The fourth-order valence-electron chi connectivity index (χ4n) is 1.66. The molecule has 1 fully saturated rings. The van der Waals surface area contributed by atoms with Crippen LogP contribution in [0.1, 0.15) is 19.8 Å². The van der Waals surface area contributed by atoms with Crippen LogP contribution in [0.2, 0.25) is 0 Å². The van der Waals surface area contributed by atoms with Gasteiger partial charge in [0, 0.05) is 13.2 Å². The minimum absolute atomic E-state index is 0.219. The highest BCUT2D eigenvalue weighted by molar-refractivity contribution is 5.81. The molecule has 0 amide bonds. The van der Waals surface area contributed by atoms with Crippen LogP contribution >= 0.6 is 0 Å². The first-order valence-corrected chi connectivity index (χ1v) is 5.18. The van der Waals surface area contributed by atoms with E-state index in [0.29, 0.717) is 39.2 Å². The van der Waals surface area contributed by atoms with Crippen LogP contribution in [0.25, 0.3) is 0 Å². The number of esters is 1. The van der Waals surface area contributed by atoms with Crippen molar-refractivity contribution in [1.82, 2.24) is 5.32 Å². The standard InChI is InChI=1S/C11H17NO3/c1-3-7-12-11(10(13)15-4-2)5-8-14-9-6-11/h1,12H,4-9H2,2H3. The highest BCUT2D eigenvalue weighted by Crippen LogP contribution is 2.22. The Labute approximate surface area is 90.3 Å². The summed E-state index contributed by atoms with van der Waals surface area (Å²) in [5, 5.41) is 3.08. The topological polar surface area (TPSA) is 47.6 Å². The molecule has 0 unspecified atom stereocenters. The zero-order valence-electron chi connectivity index (χ0n) is 9.04. The highest BCUT2D eigenvalue weighted by Gasteiger charge is 2.40. The fourth-order valence-corrected chi connectivity index (χ4v) is 1.66. The molecule has 0 radical (unpaired) electrons. The molecular weight excluding hydrogens is 194 g/mol. The Balaban J connectivity index is 2.66. The normalized spacial score (nSPS) is 19.2. The number of carbonyl (C=O) groups is 1. The van der Waals surface area contributed by atoms with Crippen molar-refractivity contribution < 1.29 is 14.3 Å². The average molecular weight is 211 g/mol. The minimum atomic E-state index is -0.638. The van der Waals surface area contributed by atoms with Crippen molar-refractivity contribution in [1.29, 1.82) is 0 Å². The van der Waals surface area contributed by atoms with Crippen LogP contribution < -0.4 is 5.32 Å². The maximum atomic E-state index is 11.8. The molecule has 0 aromatic rings. The zero-order valence-corrected chi connectivity index (χ0v) is 9.04. The molecule has 4 heteroatoms. The zero-order chi connectivity index (χ0) is 11.1. The lowest BCUT2D eigenvalue weighted by Gasteiger charge is -2.35. The van der Waals surface area contributed by atoms with Crippen LogP contribution in [0.5, 0.6) is 0 Å². The van der Waals surface area contributed by atoms with Crippen LogP contribution in [-0.2, 0) is 14.3 Å². The molecule has 1 saturated heterocycles. The van der Waals surface area contributed by atoms with Gasteiger partial charge in [0.25, 0.3) is 0 Å². The first-order chi connectivity index (χ1) is 7.25. The van der Waals surface area contributed by atoms with Crippen LogP contribution in [0.4, 0.5) is 0 Å². The first-order valence-electron chi connectivity index (χ1n) is 5.18. The van der Waals surface area contributed by atoms with Gasteiger partial charge in [0.05, 0.1) is 13.2 Å². The van der Waals surface area contributed by atoms with E-state index in [4.69, 9.17) is 15.9 Å². The van der Waals surface area contributed by atoms with Crippen molar-refractivity contribution in [3.05, 3.63) is 0 Å². The summed E-state index contributed by atoms with van der Waals surface area (Å²) in [4.78, 5) is 11.8. The van der Waals surface area contributed by atoms with E-state index in [0.717, 1.165) is 0 Å². The van der Waals surface area contributed by atoms with E-state index in [1.165, 1.54) is 0 Å². The molecule has 0 atom stereocenters. The number of terminal acetylenes is 1. The van der Waals surface area contributed by atoms with Gasteiger partial charge in [-0.15, -0.1) is 6.42 Å². The molecule has 1 N–H and O–H groups in total. The van der Waals surface area contributed by atoms with Gasteiger partial charge in [0.15, 0.2) is 0 Å². The molecule has 0 aliphatic carbocycles. The number of hydrogen-bond acceptors (Lipinski definition) is 4. The molecule has 0 saturated carbocycles. The van der Waals surface area contributed by atoms with E-state index in [1.54, 1.807) is 6.92 Å². The van der Waals surface area contributed by atoms with E-state index in [-0.39, 0.29) is 5.97 Å². The number of nitrogens with one attached hydrogen (secondary N) is 1. The van der Waals surface area contributed by atoms with Gasteiger partial charge in [-0.25, -0.2) is 0 Å². The lowest BCUT2D eigenvalue weighted by Crippen LogP contribution is -2.56. The van der Waals surface area contributed by atoms with Gasteiger partial charge in [0.2, 0.25) is 0 Å². The van der Waals surface area contributed by atoms with E-state index < -0.39 is 5.54 Å². The molecule has 0 aromatic heterocycles. The van der Waals surface area contributed by atoms with E-state index in [2.05, 4.69) is 11.2 Å². The molecule has 0 bridgehead atoms. The Bertz CT molecular complexity index is 251. The monoisotopic (exact) mass is 211 g/mol. The number of carbonyl (C=O) groups excluding carboxylic acids is 1. The van der Waals surface area contributed by atoms with Crippen molar-refractivity contribution in [2.75, 3.05) is 26.4 Å². The quantitative estimate of drug-likeness (QED) is 0.537. The van der Waals surface area contributed by atoms with Crippen LogP contribution in [0.15, 0.2) is 0 Å². The number of hydrogen-bond donors (Lipinski definition) is 1. The third kappa shape index (κ3) is 2.95. The Morgan fingerprint density at radius 1 is 1.60 bits per heavy atom. The maximum Gasteiger partial charge on any atom is 0.326 e. The largest absolute Gasteiger partial charge is 0.465 e. The predicted molar refractivity (Wildman–Crippen MR) is 56.3 cm³/mol. The lowest BCUT2D eigenvalue weighted by molar-refractivity contribution is -0.155. The molecule has 84 valence electrons. The second-order valence-electron chi connectivity index (χ2n) is 3.47. The maximum absolute atomic E-state index is 11.8. The predicted octanol–water partition coefficient (Wildman–Crippen LogP) is 0.321. The second-order valence-corrected chi connectivity index (χ2v) is 3.47. The van der Waals surface area contributed by atoms with Crippen molar-refractivity contribution in [2.24, 2.45) is 0 Å². The van der Waals surface area contributed by atoms with Crippen molar-refractivity contribution in [3.8, 4) is 12.3 Å². The molecule has 1 aliphatic rings. The summed E-state index contributed by atoms with van der Waals surface area (Å²) < 4.78 is 10.3. The fraction of sp³-hybridized carbons (Fsp3) is 0.727. The van der Waals surface area contributed by atoms with Crippen LogP contribution in [0.3, 0.4) is 0 Å².